The average Bonchev–Trinajstić information content (AvgIpc) is 3.00. The molecule has 3 aromatic rings. The highest BCUT2D eigenvalue weighted by molar-refractivity contribution is 9.10. The minimum atomic E-state index is -0.190. The molecule has 0 bridgehead atoms. The fourth-order valence-corrected chi connectivity index (χ4v) is 3.62. The first-order valence-corrected chi connectivity index (χ1v) is 9.74. The summed E-state index contributed by atoms with van der Waals surface area (Å²) < 4.78 is 3.42. The lowest BCUT2D eigenvalue weighted by Crippen LogP contribution is -2.26. The number of aromatic nitrogens is 4. The second kappa shape index (κ2) is 8.14. The lowest BCUT2D eigenvalue weighted by atomic mass is 10.1. The number of aryl methyl sites for hydroxylation is 1. The number of rotatable bonds is 5. The maximum absolute atomic E-state index is 12.6. The summed E-state index contributed by atoms with van der Waals surface area (Å²) in [7, 11) is 0. The molecule has 0 atom stereocenters. The molecule has 3 rings (SSSR count). The highest BCUT2D eigenvalue weighted by Gasteiger charge is 2.14. The Hall–Kier alpha value is -2.32. The first-order chi connectivity index (χ1) is 12.9. The molecule has 27 heavy (non-hydrogen) atoms. The van der Waals surface area contributed by atoms with E-state index in [4.69, 9.17) is 12.2 Å². The number of amides is 1. The Bertz CT molecular complexity index is 1040. The Morgan fingerprint density at radius 3 is 2.78 bits per heavy atom. The second-order valence-electron chi connectivity index (χ2n) is 6.43. The molecule has 0 radical (unpaired) electrons. The second-order valence-corrected chi connectivity index (χ2v) is 7.73. The van der Waals surface area contributed by atoms with Crippen molar-refractivity contribution in [1.82, 2.24) is 25.1 Å². The van der Waals surface area contributed by atoms with E-state index in [0.717, 1.165) is 15.7 Å². The number of H-pyrrole nitrogens is 1. The molecule has 2 aromatic heterocycles. The van der Waals surface area contributed by atoms with Crippen molar-refractivity contribution in [1.29, 1.82) is 0 Å². The molecule has 0 saturated carbocycles. The third-order valence-corrected chi connectivity index (χ3v) is 4.93. The third-order valence-electron chi connectivity index (χ3n) is 4.15. The van der Waals surface area contributed by atoms with E-state index in [1.54, 1.807) is 6.07 Å². The predicted molar refractivity (Wildman–Crippen MR) is 111 cm³/mol. The number of hydrogen-bond acceptors (Lipinski definition) is 4. The molecule has 0 saturated heterocycles. The molecular weight excluding hydrogens is 426 g/mol. The monoisotopic (exact) mass is 445 g/mol. The molecule has 0 aliphatic rings. The van der Waals surface area contributed by atoms with Crippen molar-refractivity contribution in [2.45, 2.75) is 33.4 Å². The summed E-state index contributed by atoms with van der Waals surface area (Å²) in [5.41, 5.74) is 3.03. The van der Waals surface area contributed by atoms with Gasteiger partial charge in [-0.25, -0.2) is 0 Å². The van der Waals surface area contributed by atoms with E-state index in [0.29, 0.717) is 21.9 Å². The van der Waals surface area contributed by atoms with Gasteiger partial charge in [-0.3, -0.25) is 14.9 Å². The molecule has 0 unspecified atom stereocenters. The van der Waals surface area contributed by atoms with Crippen LogP contribution in [-0.4, -0.2) is 25.7 Å². The number of carbonyl (C=O) groups is 1. The van der Waals surface area contributed by atoms with E-state index in [1.165, 1.54) is 0 Å². The number of halogens is 1. The maximum atomic E-state index is 12.6. The van der Waals surface area contributed by atoms with Gasteiger partial charge in [-0.15, -0.1) is 0 Å². The van der Waals surface area contributed by atoms with E-state index in [1.807, 2.05) is 55.7 Å². The van der Waals surface area contributed by atoms with Crippen LogP contribution in [0.3, 0.4) is 0 Å². The number of carbonyl (C=O) groups excluding carboxylic acids is 1. The molecular formula is C19H20BrN5OS. The Morgan fingerprint density at radius 2 is 2.11 bits per heavy atom. The lowest BCUT2D eigenvalue weighted by molar-refractivity contribution is 0.0948. The van der Waals surface area contributed by atoms with Crippen molar-refractivity contribution in [3.05, 3.63) is 62.7 Å². The average molecular weight is 446 g/mol. The Morgan fingerprint density at radius 1 is 1.33 bits per heavy atom. The van der Waals surface area contributed by atoms with Gasteiger partial charge in [0, 0.05) is 16.1 Å². The van der Waals surface area contributed by atoms with Crippen molar-refractivity contribution < 1.29 is 4.79 Å². The summed E-state index contributed by atoms with van der Waals surface area (Å²) in [6.07, 6.45) is 0. The van der Waals surface area contributed by atoms with Gasteiger partial charge >= 0.3 is 0 Å². The molecule has 6 nitrogen and oxygen atoms in total. The van der Waals surface area contributed by atoms with Crippen molar-refractivity contribution in [2.24, 2.45) is 0 Å². The molecule has 0 spiro atoms. The summed E-state index contributed by atoms with van der Waals surface area (Å²) in [4.78, 5) is 17.2. The number of pyridine rings is 1. The molecule has 2 N–H and O–H groups in total. The normalized spacial score (nSPS) is 11.0. The lowest BCUT2D eigenvalue weighted by Gasteiger charge is -2.12. The Balaban J connectivity index is 1.77. The van der Waals surface area contributed by atoms with Crippen molar-refractivity contribution in [3.63, 3.8) is 0 Å². The topological polar surface area (TPSA) is 75.6 Å². The van der Waals surface area contributed by atoms with Gasteiger partial charge in [0.15, 0.2) is 10.6 Å². The Kier molecular flexibility index (Phi) is 5.86. The zero-order valence-electron chi connectivity index (χ0n) is 15.3. The third kappa shape index (κ3) is 4.33. The van der Waals surface area contributed by atoms with Crippen LogP contribution in [-0.2, 0) is 6.54 Å². The molecule has 2 heterocycles. The zero-order chi connectivity index (χ0) is 19.6. The smallest absolute Gasteiger partial charge is 0.253 e. The Labute approximate surface area is 171 Å². The van der Waals surface area contributed by atoms with Crippen LogP contribution in [0.25, 0.3) is 11.3 Å². The molecule has 1 aromatic carbocycles. The molecule has 0 aliphatic heterocycles. The first-order valence-electron chi connectivity index (χ1n) is 8.54. The molecule has 140 valence electrons. The minimum absolute atomic E-state index is 0.163. The SMILES string of the molecule is Cc1nc(-c2cccc(Br)c2)ccc1C(=O)NCc1n[nH]c(=S)n1C(C)C. The highest BCUT2D eigenvalue weighted by Crippen LogP contribution is 2.22. The van der Waals surface area contributed by atoms with Gasteiger partial charge in [-0.05, 0) is 57.3 Å². The molecule has 0 fully saturated rings. The van der Waals surface area contributed by atoms with Gasteiger partial charge in [0.1, 0.15) is 0 Å². The van der Waals surface area contributed by atoms with Crippen LogP contribution in [0.4, 0.5) is 0 Å². The van der Waals surface area contributed by atoms with E-state index in [9.17, 15) is 4.79 Å². The highest BCUT2D eigenvalue weighted by atomic mass is 79.9. The number of nitrogens with one attached hydrogen (secondary N) is 2. The van der Waals surface area contributed by atoms with Crippen molar-refractivity contribution in [3.8, 4) is 11.3 Å². The molecule has 0 aliphatic carbocycles. The maximum Gasteiger partial charge on any atom is 0.253 e. The fourth-order valence-electron chi connectivity index (χ4n) is 2.86. The van der Waals surface area contributed by atoms with Gasteiger partial charge in [-0.2, -0.15) is 5.10 Å². The summed E-state index contributed by atoms with van der Waals surface area (Å²) >= 11 is 8.70. The standard InChI is InChI=1S/C19H20BrN5OS/c1-11(2)25-17(23-24-19(25)27)10-21-18(26)15-7-8-16(22-12(15)3)13-5-4-6-14(20)9-13/h4-9,11H,10H2,1-3H3,(H,21,26)(H,24,27). The number of aromatic amines is 1. The number of benzene rings is 1. The van der Waals surface area contributed by atoms with Gasteiger partial charge < -0.3 is 9.88 Å². The fraction of sp³-hybridized carbons (Fsp3) is 0.263. The first kappa shape index (κ1) is 19.4. The van der Waals surface area contributed by atoms with Crippen molar-refractivity contribution >= 4 is 34.1 Å². The summed E-state index contributed by atoms with van der Waals surface area (Å²) in [6, 6.07) is 11.7. The van der Waals surface area contributed by atoms with Gasteiger partial charge in [0.05, 0.1) is 23.5 Å². The van der Waals surface area contributed by atoms with E-state index in [-0.39, 0.29) is 18.5 Å². The molecule has 1 amide bonds. The zero-order valence-corrected chi connectivity index (χ0v) is 17.7. The van der Waals surface area contributed by atoms with E-state index >= 15 is 0 Å². The summed E-state index contributed by atoms with van der Waals surface area (Å²) in [6.45, 7) is 6.16. The number of hydrogen-bond donors (Lipinski definition) is 2. The quantitative estimate of drug-likeness (QED) is 0.563. The van der Waals surface area contributed by atoms with Crippen molar-refractivity contribution in [2.75, 3.05) is 0 Å². The van der Waals surface area contributed by atoms with Gasteiger partial charge in [0.25, 0.3) is 5.91 Å². The van der Waals surface area contributed by atoms with Gasteiger partial charge in [0.2, 0.25) is 0 Å². The van der Waals surface area contributed by atoms with Crippen LogP contribution in [0.15, 0.2) is 40.9 Å². The number of nitrogens with zero attached hydrogens (tertiary/aromatic N) is 3. The summed E-state index contributed by atoms with van der Waals surface area (Å²) in [5.74, 6) is 0.504. The predicted octanol–water partition coefficient (Wildman–Crippen LogP) is 4.58. The largest absolute Gasteiger partial charge is 0.345 e. The summed E-state index contributed by atoms with van der Waals surface area (Å²) in [5, 5.41) is 9.87. The van der Waals surface area contributed by atoms with Crippen LogP contribution in [0.2, 0.25) is 0 Å². The minimum Gasteiger partial charge on any atom is -0.345 e. The van der Waals surface area contributed by atoms with Gasteiger partial charge in [-0.1, -0.05) is 28.1 Å². The van der Waals surface area contributed by atoms with Crippen LogP contribution < -0.4 is 5.32 Å². The van der Waals surface area contributed by atoms with Crippen LogP contribution >= 0.6 is 28.1 Å². The van der Waals surface area contributed by atoms with E-state index in [2.05, 4.69) is 36.4 Å². The van der Waals surface area contributed by atoms with Crippen LogP contribution in [0.1, 0.15) is 41.8 Å². The van der Waals surface area contributed by atoms with Crippen LogP contribution in [0, 0.1) is 11.7 Å². The molecule has 8 heteroatoms. The van der Waals surface area contributed by atoms with Crippen LogP contribution in [0.5, 0.6) is 0 Å². The van der Waals surface area contributed by atoms with E-state index < -0.39 is 0 Å².